The van der Waals surface area contributed by atoms with E-state index in [1.165, 1.54) is 6.08 Å². The molecule has 1 aromatic carbocycles. The van der Waals surface area contributed by atoms with Crippen LogP contribution in [0.4, 0.5) is 4.39 Å². The number of ketones is 1. The largest absolute Gasteiger partial charge is 0.298 e. The van der Waals surface area contributed by atoms with Gasteiger partial charge in [0.2, 0.25) is 0 Å². The molecule has 0 N–H and O–H groups in total. The summed E-state index contributed by atoms with van der Waals surface area (Å²) in [4.78, 5) is 27.4. The maximum absolute atomic E-state index is 15.0. The van der Waals surface area contributed by atoms with Crippen molar-refractivity contribution in [3.8, 4) is 17.5 Å². The van der Waals surface area contributed by atoms with Crippen molar-refractivity contribution in [1.29, 1.82) is 5.26 Å². The van der Waals surface area contributed by atoms with Crippen molar-refractivity contribution >= 4 is 22.3 Å². The first-order valence-corrected chi connectivity index (χ1v) is 12.2. The average molecular weight is 479 g/mol. The fourth-order valence-corrected chi connectivity index (χ4v) is 6.24. The summed E-state index contributed by atoms with van der Waals surface area (Å²) in [7, 11) is 0. The summed E-state index contributed by atoms with van der Waals surface area (Å²) < 4.78 is 15.0. The Hall–Kier alpha value is -3.98. The summed E-state index contributed by atoms with van der Waals surface area (Å²) in [6.45, 7) is 11.5. The Balaban J connectivity index is 1.84. The van der Waals surface area contributed by atoms with Gasteiger partial charge in [0.1, 0.15) is 11.7 Å². The number of halogens is 1. The van der Waals surface area contributed by atoms with Crippen LogP contribution >= 0.6 is 0 Å². The smallest absolute Gasteiger partial charge is 0.160 e. The number of fused-ring (bicyclic) bond motifs is 4. The zero-order valence-corrected chi connectivity index (χ0v) is 20.5. The van der Waals surface area contributed by atoms with Gasteiger partial charge >= 0.3 is 0 Å². The quantitative estimate of drug-likeness (QED) is 0.410. The Labute approximate surface area is 210 Å². The van der Waals surface area contributed by atoms with Crippen LogP contribution in [0.5, 0.6) is 0 Å². The Kier molecular flexibility index (Phi) is 5.88. The molecule has 36 heavy (non-hydrogen) atoms. The molecule has 2 aliphatic rings. The third-order valence-electron chi connectivity index (χ3n) is 8.04. The van der Waals surface area contributed by atoms with Crippen LogP contribution in [-0.2, 0) is 16.6 Å². The van der Waals surface area contributed by atoms with E-state index >= 15 is 4.39 Å². The van der Waals surface area contributed by atoms with E-state index in [0.29, 0.717) is 24.4 Å². The summed E-state index contributed by atoms with van der Waals surface area (Å²) in [6.07, 6.45) is 6.07. The second kappa shape index (κ2) is 8.91. The highest BCUT2D eigenvalue weighted by Crippen LogP contribution is 2.53. The maximum Gasteiger partial charge on any atom is 0.160 e. The lowest BCUT2D eigenvalue weighted by Gasteiger charge is -2.49. The molecular weight excluding hydrogens is 451 g/mol. The van der Waals surface area contributed by atoms with Crippen LogP contribution in [0.1, 0.15) is 43.6 Å². The third kappa shape index (κ3) is 3.50. The van der Waals surface area contributed by atoms with E-state index in [0.717, 1.165) is 40.2 Å². The monoisotopic (exact) mass is 478 g/mol. The molecule has 0 spiro atoms. The van der Waals surface area contributed by atoms with Crippen LogP contribution in [0.2, 0.25) is 0 Å². The summed E-state index contributed by atoms with van der Waals surface area (Å²) >= 11 is 0. The van der Waals surface area contributed by atoms with Crippen molar-refractivity contribution in [3.63, 3.8) is 0 Å². The van der Waals surface area contributed by atoms with E-state index < -0.39 is 17.2 Å². The molecule has 0 amide bonds. The number of carbonyl (C=O) groups is 1. The predicted octanol–water partition coefficient (Wildman–Crippen LogP) is 6.31. The Morgan fingerprint density at radius 3 is 2.72 bits per heavy atom. The van der Waals surface area contributed by atoms with Gasteiger partial charge in [-0.25, -0.2) is 14.4 Å². The molecule has 1 saturated carbocycles. The van der Waals surface area contributed by atoms with Crippen molar-refractivity contribution in [2.75, 3.05) is 0 Å². The molecular formula is C30H27FN4O. The molecule has 2 aliphatic carbocycles. The van der Waals surface area contributed by atoms with Crippen molar-refractivity contribution in [2.45, 2.75) is 38.5 Å². The number of aromatic nitrogens is 3. The first-order chi connectivity index (χ1) is 17.3. The second-order valence-corrected chi connectivity index (χ2v) is 9.91. The molecule has 5 rings (SSSR count). The van der Waals surface area contributed by atoms with Gasteiger partial charge < -0.3 is 0 Å². The van der Waals surface area contributed by atoms with Crippen LogP contribution in [0, 0.1) is 29.1 Å². The molecule has 0 saturated heterocycles. The minimum absolute atomic E-state index is 0.00225. The Morgan fingerprint density at radius 2 is 2.00 bits per heavy atom. The molecule has 5 nitrogen and oxygen atoms in total. The number of hydrogen-bond donors (Lipinski definition) is 0. The van der Waals surface area contributed by atoms with Crippen molar-refractivity contribution in [2.24, 2.45) is 17.8 Å². The number of Topliss-reactive ketones (excluding diaryl/α,β-unsaturated/α-hetero) is 1. The van der Waals surface area contributed by atoms with E-state index in [1.807, 2.05) is 37.3 Å². The molecule has 180 valence electrons. The van der Waals surface area contributed by atoms with E-state index in [4.69, 9.17) is 9.97 Å². The fourth-order valence-electron chi connectivity index (χ4n) is 6.24. The molecule has 1 fully saturated rings. The number of nitrogens with zero attached hydrogens (tertiary/aromatic N) is 4. The molecule has 3 aromatic rings. The fraction of sp³-hybridized carbons (Fsp3) is 0.300. The van der Waals surface area contributed by atoms with Gasteiger partial charge in [-0.1, -0.05) is 51.3 Å². The van der Waals surface area contributed by atoms with E-state index in [-0.39, 0.29) is 23.2 Å². The normalized spacial score (nSPS) is 25.8. The highest BCUT2D eigenvalue weighted by Gasteiger charge is 2.53. The third-order valence-corrected chi connectivity index (χ3v) is 8.04. The Bertz CT molecular complexity index is 1500. The lowest BCUT2D eigenvalue weighted by atomic mass is 9.54. The number of rotatable bonds is 4. The van der Waals surface area contributed by atoms with Crippen molar-refractivity contribution < 1.29 is 9.18 Å². The lowest BCUT2D eigenvalue weighted by molar-refractivity contribution is -0.132. The van der Waals surface area contributed by atoms with Gasteiger partial charge in [0.15, 0.2) is 11.6 Å². The SMILES string of the molecule is C=C/C(F)=C(\C=C)c1nc(-c2ccnc3ccccc23)nc2c1CC[C@H]1C(C)C(=O)C(C#N)C[C@@]21C. The van der Waals surface area contributed by atoms with Crippen LogP contribution in [0.3, 0.4) is 0 Å². The Morgan fingerprint density at radius 1 is 1.22 bits per heavy atom. The van der Waals surface area contributed by atoms with Gasteiger partial charge in [0.05, 0.1) is 23.0 Å². The molecule has 2 unspecified atom stereocenters. The second-order valence-electron chi connectivity index (χ2n) is 9.91. The summed E-state index contributed by atoms with van der Waals surface area (Å²) in [5.74, 6) is -0.973. The number of nitriles is 1. The summed E-state index contributed by atoms with van der Waals surface area (Å²) in [5, 5.41) is 10.7. The van der Waals surface area contributed by atoms with E-state index in [1.54, 1.807) is 6.20 Å². The van der Waals surface area contributed by atoms with Gasteiger partial charge in [0.25, 0.3) is 0 Å². The van der Waals surface area contributed by atoms with E-state index in [9.17, 15) is 10.1 Å². The van der Waals surface area contributed by atoms with Gasteiger partial charge in [-0.3, -0.25) is 9.78 Å². The van der Waals surface area contributed by atoms with Crippen LogP contribution in [-0.4, -0.2) is 20.7 Å². The van der Waals surface area contributed by atoms with Gasteiger partial charge in [0, 0.05) is 39.6 Å². The molecule has 0 radical (unpaired) electrons. The average Bonchev–Trinajstić information content (AvgIpc) is 2.90. The van der Waals surface area contributed by atoms with Gasteiger partial charge in [-0.2, -0.15) is 5.26 Å². The van der Waals surface area contributed by atoms with Gasteiger partial charge in [-0.05, 0) is 43.4 Å². The molecule has 4 atom stereocenters. The highest BCUT2D eigenvalue weighted by molar-refractivity contribution is 5.93. The maximum atomic E-state index is 15.0. The van der Waals surface area contributed by atoms with Gasteiger partial charge in [-0.15, -0.1) is 0 Å². The number of allylic oxidation sites excluding steroid dienone is 4. The standard InChI is InChI=1S/C30H27FN4O/c1-5-19(24(31)6-2)26-22-11-12-23-17(3)27(36)18(16-32)15-30(23,4)28(22)35-29(34-26)21-13-14-33-25-10-8-7-9-20(21)25/h5-10,13-14,17-18,23H,1-2,11-12,15H2,3-4H3/b24-19-/t17?,18?,23-,30+/m0/s1. The predicted molar refractivity (Wildman–Crippen MR) is 138 cm³/mol. The number of hydrogen-bond acceptors (Lipinski definition) is 5. The van der Waals surface area contributed by atoms with E-state index in [2.05, 4.69) is 31.1 Å². The topological polar surface area (TPSA) is 79.5 Å². The minimum Gasteiger partial charge on any atom is -0.298 e. The number of pyridine rings is 1. The number of para-hydroxylation sites is 1. The first-order valence-electron chi connectivity index (χ1n) is 12.2. The molecule has 2 heterocycles. The molecule has 2 aromatic heterocycles. The number of carbonyl (C=O) groups excluding carboxylic acids is 1. The van der Waals surface area contributed by atoms with Crippen LogP contribution in [0.15, 0.2) is 67.7 Å². The summed E-state index contributed by atoms with van der Waals surface area (Å²) in [6, 6.07) is 11.8. The van der Waals surface area contributed by atoms with Crippen LogP contribution < -0.4 is 0 Å². The zero-order chi connectivity index (χ0) is 25.6. The molecule has 0 aliphatic heterocycles. The van der Waals surface area contributed by atoms with Crippen molar-refractivity contribution in [3.05, 3.63) is 84.6 Å². The lowest BCUT2D eigenvalue weighted by Crippen LogP contribution is -2.51. The molecule has 6 heteroatoms. The number of benzene rings is 1. The first kappa shape index (κ1) is 23.7. The highest BCUT2D eigenvalue weighted by atomic mass is 19.1. The minimum atomic E-state index is -0.699. The summed E-state index contributed by atoms with van der Waals surface area (Å²) in [5.41, 5.74) is 3.45. The zero-order valence-electron chi connectivity index (χ0n) is 20.5. The van der Waals surface area contributed by atoms with Crippen LogP contribution in [0.25, 0.3) is 27.9 Å². The van der Waals surface area contributed by atoms with Crippen molar-refractivity contribution in [1.82, 2.24) is 15.0 Å². The molecule has 0 bridgehead atoms.